The maximum absolute atomic E-state index is 6.51. The SMILES string of the molecule is C.Cc1ccc(N2C3=C(Sc4ccccc42)C2C=CC=CC2O3)c2c1CCCO2. The van der Waals surface area contributed by atoms with E-state index in [-0.39, 0.29) is 19.4 Å². The largest absolute Gasteiger partial charge is 0.491 e. The van der Waals surface area contributed by atoms with Crippen LogP contribution in [0, 0.1) is 12.8 Å². The lowest BCUT2D eigenvalue weighted by atomic mass is 9.98. The number of para-hydroxylation sites is 1. The number of fused-ring (bicyclic) bond motifs is 4. The van der Waals surface area contributed by atoms with Crippen molar-refractivity contribution in [3.63, 3.8) is 0 Å². The van der Waals surface area contributed by atoms with Crippen molar-refractivity contribution in [2.75, 3.05) is 11.5 Å². The van der Waals surface area contributed by atoms with Gasteiger partial charge in [0.1, 0.15) is 11.9 Å². The molecule has 3 nitrogen and oxygen atoms in total. The van der Waals surface area contributed by atoms with E-state index in [9.17, 15) is 0 Å². The first-order valence-electron chi connectivity index (χ1n) is 9.89. The highest BCUT2D eigenvalue weighted by Crippen LogP contribution is 2.56. The smallest absolute Gasteiger partial charge is 0.210 e. The lowest BCUT2D eigenvalue weighted by Gasteiger charge is -2.34. The summed E-state index contributed by atoms with van der Waals surface area (Å²) in [5.74, 6) is 2.25. The van der Waals surface area contributed by atoms with Gasteiger partial charge in [0.15, 0.2) is 0 Å². The van der Waals surface area contributed by atoms with E-state index in [0.717, 1.165) is 42.5 Å². The molecule has 0 aromatic heterocycles. The molecule has 2 atom stereocenters. The Morgan fingerprint density at radius 2 is 1.90 bits per heavy atom. The maximum atomic E-state index is 6.51. The Balaban J connectivity index is 0.00000181. The minimum absolute atomic E-state index is 0. The van der Waals surface area contributed by atoms with Crippen LogP contribution in [0.2, 0.25) is 0 Å². The van der Waals surface area contributed by atoms with Gasteiger partial charge < -0.3 is 9.47 Å². The first-order valence-corrected chi connectivity index (χ1v) is 10.7. The van der Waals surface area contributed by atoms with E-state index in [1.165, 1.54) is 20.9 Å². The van der Waals surface area contributed by atoms with Crippen LogP contribution >= 0.6 is 11.8 Å². The molecule has 1 aliphatic carbocycles. The van der Waals surface area contributed by atoms with Crippen molar-refractivity contribution >= 4 is 23.1 Å². The monoisotopic (exact) mass is 403 g/mol. The van der Waals surface area contributed by atoms with Crippen LogP contribution in [0.4, 0.5) is 11.4 Å². The van der Waals surface area contributed by atoms with Crippen LogP contribution in [-0.4, -0.2) is 12.7 Å². The number of ether oxygens (including phenoxy) is 2. The molecule has 0 N–H and O–H groups in total. The number of anilines is 2. The van der Waals surface area contributed by atoms with Gasteiger partial charge in [-0.3, -0.25) is 4.90 Å². The zero-order valence-corrected chi connectivity index (χ0v) is 16.5. The molecule has 2 aromatic rings. The minimum Gasteiger partial charge on any atom is -0.491 e. The molecule has 0 bridgehead atoms. The lowest BCUT2D eigenvalue weighted by molar-refractivity contribution is 0.161. The quantitative estimate of drug-likeness (QED) is 0.541. The first kappa shape index (κ1) is 18.4. The van der Waals surface area contributed by atoms with Crippen LogP contribution in [0.25, 0.3) is 0 Å². The van der Waals surface area contributed by atoms with Gasteiger partial charge in [-0.25, -0.2) is 0 Å². The first-order chi connectivity index (χ1) is 13.8. The fourth-order valence-electron chi connectivity index (χ4n) is 4.52. The molecule has 2 unspecified atom stereocenters. The van der Waals surface area contributed by atoms with E-state index >= 15 is 0 Å². The summed E-state index contributed by atoms with van der Waals surface area (Å²) < 4.78 is 12.7. The van der Waals surface area contributed by atoms with Gasteiger partial charge in [-0.05, 0) is 55.2 Å². The molecule has 4 heteroatoms. The summed E-state index contributed by atoms with van der Waals surface area (Å²) in [6.07, 6.45) is 10.8. The van der Waals surface area contributed by atoms with Gasteiger partial charge in [0.25, 0.3) is 0 Å². The second-order valence-corrected chi connectivity index (χ2v) is 8.70. The Labute approximate surface area is 176 Å². The van der Waals surface area contributed by atoms with E-state index in [1.54, 1.807) is 0 Å². The predicted molar refractivity (Wildman–Crippen MR) is 120 cm³/mol. The molecule has 0 radical (unpaired) electrons. The normalized spacial score (nSPS) is 23.3. The summed E-state index contributed by atoms with van der Waals surface area (Å²) >= 11 is 1.84. The van der Waals surface area contributed by atoms with Gasteiger partial charge in [0.05, 0.1) is 28.8 Å². The number of allylic oxidation sites excluding steroid dienone is 2. The molecule has 148 valence electrons. The van der Waals surface area contributed by atoms with Crippen LogP contribution < -0.4 is 9.64 Å². The molecule has 0 amide bonds. The highest BCUT2D eigenvalue weighted by atomic mass is 32.2. The Kier molecular flexibility index (Phi) is 4.47. The fraction of sp³-hybridized carbons (Fsp3) is 0.280. The number of rotatable bonds is 1. The molecule has 6 rings (SSSR count). The third-order valence-corrected chi connectivity index (χ3v) is 7.14. The molecule has 0 fully saturated rings. The summed E-state index contributed by atoms with van der Waals surface area (Å²) in [7, 11) is 0. The van der Waals surface area contributed by atoms with Gasteiger partial charge in [-0.15, -0.1) is 0 Å². The van der Waals surface area contributed by atoms with Gasteiger partial charge in [-0.1, -0.05) is 55.6 Å². The van der Waals surface area contributed by atoms with Gasteiger partial charge in [-0.2, -0.15) is 0 Å². The van der Waals surface area contributed by atoms with Crippen LogP contribution in [0.5, 0.6) is 5.75 Å². The molecule has 0 spiro atoms. The average Bonchev–Trinajstić information content (AvgIpc) is 3.11. The van der Waals surface area contributed by atoms with Crippen molar-refractivity contribution in [2.45, 2.75) is 38.2 Å². The number of thioether (sulfide) groups is 1. The minimum atomic E-state index is 0. The highest BCUT2D eigenvalue weighted by Gasteiger charge is 2.42. The summed E-state index contributed by atoms with van der Waals surface area (Å²) in [5, 5.41) is 0. The lowest BCUT2D eigenvalue weighted by Crippen LogP contribution is -2.23. The van der Waals surface area contributed by atoms with Crippen LogP contribution in [0.3, 0.4) is 0 Å². The van der Waals surface area contributed by atoms with E-state index in [1.807, 2.05) is 11.8 Å². The second kappa shape index (κ2) is 7.03. The molecule has 2 aromatic carbocycles. The summed E-state index contributed by atoms with van der Waals surface area (Å²) in [4.78, 5) is 4.83. The molecule has 3 aliphatic heterocycles. The average molecular weight is 404 g/mol. The second-order valence-electron chi connectivity index (χ2n) is 7.61. The van der Waals surface area contributed by atoms with Crippen LogP contribution in [-0.2, 0) is 11.2 Å². The number of hydrogen-bond donors (Lipinski definition) is 0. The summed E-state index contributed by atoms with van der Waals surface area (Å²) in [5.41, 5.74) is 4.89. The molecule has 3 heterocycles. The van der Waals surface area contributed by atoms with Crippen molar-refractivity contribution in [1.82, 2.24) is 0 Å². The number of aryl methyl sites for hydroxylation is 1. The van der Waals surface area contributed by atoms with Crippen LogP contribution in [0.15, 0.2) is 76.4 Å². The van der Waals surface area contributed by atoms with Crippen molar-refractivity contribution in [2.24, 2.45) is 5.92 Å². The third-order valence-electron chi connectivity index (χ3n) is 5.91. The van der Waals surface area contributed by atoms with Crippen molar-refractivity contribution in [1.29, 1.82) is 0 Å². The predicted octanol–water partition coefficient (Wildman–Crippen LogP) is 6.51. The van der Waals surface area contributed by atoms with Gasteiger partial charge in [0, 0.05) is 4.90 Å². The van der Waals surface area contributed by atoms with E-state index < -0.39 is 0 Å². The Morgan fingerprint density at radius 3 is 2.83 bits per heavy atom. The molecule has 4 aliphatic rings. The molecular weight excluding hydrogens is 378 g/mol. The van der Waals surface area contributed by atoms with Crippen molar-refractivity contribution in [3.8, 4) is 5.75 Å². The molecule has 0 saturated carbocycles. The topological polar surface area (TPSA) is 21.7 Å². The molecule has 0 saturated heterocycles. The van der Waals surface area contributed by atoms with Crippen LogP contribution in [0.1, 0.15) is 25.0 Å². The van der Waals surface area contributed by atoms with Crippen molar-refractivity contribution < 1.29 is 9.47 Å². The molecular formula is C25H25NO2S. The molecule has 29 heavy (non-hydrogen) atoms. The number of nitrogens with zero attached hydrogens (tertiary/aromatic N) is 1. The fourth-order valence-corrected chi connectivity index (χ4v) is 5.74. The van der Waals surface area contributed by atoms with Crippen molar-refractivity contribution in [3.05, 3.63) is 82.6 Å². The number of hydrogen-bond acceptors (Lipinski definition) is 4. The van der Waals surface area contributed by atoms with E-state index in [4.69, 9.17) is 9.47 Å². The third kappa shape index (κ3) is 2.73. The maximum Gasteiger partial charge on any atom is 0.210 e. The standard InChI is InChI=1S/C24H21NO2S.CH4/c1-15-12-13-19(22-16(15)8-6-14-26-22)25-18-9-3-5-11-21(18)28-23-17-7-2-4-10-20(17)27-24(23)25;/h2-5,7,9-13,17,20H,6,8,14H2,1H3;1H4. The van der Waals surface area contributed by atoms with E-state index in [2.05, 4.69) is 72.5 Å². The Morgan fingerprint density at radius 1 is 1.03 bits per heavy atom. The van der Waals surface area contributed by atoms with Gasteiger partial charge in [0.2, 0.25) is 5.88 Å². The number of benzene rings is 2. The van der Waals surface area contributed by atoms with Gasteiger partial charge >= 0.3 is 0 Å². The zero-order chi connectivity index (χ0) is 18.7. The Hall–Kier alpha value is -2.59. The van der Waals surface area contributed by atoms with E-state index in [0.29, 0.717) is 0 Å². The zero-order valence-electron chi connectivity index (χ0n) is 15.7. The summed E-state index contributed by atoms with van der Waals surface area (Å²) in [6, 6.07) is 13.0. The Bertz CT molecular complexity index is 1070. The highest BCUT2D eigenvalue weighted by molar-refractivity contribution is 8.03. The summed E-state index contributed by atoms with van der Waals surface area (Å²) in [6.45, 7) is 2.95.